The van der Waals surface area contributed by atoms with E-state index >= 15 is 0 Å². The summed E-state index contributed by atoms with van der Waals surface area (Å²) < 4.78 is 0. The monoisotopic (exact) mass is 242 g/mol. The highest BCUT2D eigenvalue weighted by atomic mass is 16.4. The van der Waals surface area contributed by atoms with Crippen molar-refractivity contribution in [1.29, 1.82) is 0 Å². The Bertz CT molecular complexity index is 620. The maximum absolute atomic E-state index is 11.4. The van der Waals surface area contributed by atoms with Gasteiger partial charge in [-0.25, -0.2) is 0 Å². The molecule has 4 nitrogen and oxygen atoms in total. The Morgan fingerprint density at radius 3 is 1.67 bits per heavy atom. The summed E-state index contributed by atoms with van der Waals surface area (Å²) in [7, 11) is 0. The Labute approximate surface area is 102 Å². The maximum Gasteiger partial charge on any atom is 0.312 e. The topological polar surface area (TPSA) is 74.6 Å². The predicted molar refractivity (Wildman–Crippen MR) is 64.7 cm³/mol. The Balaban J connectivity index is 2.38. The fraction of sp³-hybridized carbons (Fsp3) is 0.143. The molecule has 0 aliphatic heterocycles. The zero-order chi connectivity index (χ0) is 12.9. The quantitative estimate of drug-likeness (QED) is 0.846. The van der Waals surface area contributed by atoms with Crippen LogP contribution in [-0.2, 0) is 9.59 Å². The lowest BCUT2D eigenvalue weighted by molar-refractivity contribution is -0.146. The molecule has 1 aliphatic rings. The summed E-state index contributed by atoms with van der Waals surface area (Å²) in [5.41, 5.74) is 1.20. The van der Waals surface area contributed by atoms with Crippen molar-refractivity contribution >= 4 is 22.7 Å². The first kappa shape index (κ1) is 10.8. The molecule has 0 spiro atoms. The van der Waals surface area contributed by atoms with Gasteiger partial charge in [0.25, 0.3) is 0 Å². The third-order valence-corrected chi connectivity index (χ3v) is 3.50. The van der Waals surface area contributed by atoms with Crippen LogP contribution in [-0.4, -0.2) is 22.2 Å². The third kappa shape index (κ3) is 1.26. The summed E-state index contributed by atoms with van der Waals surface area (Å²) in [6.45, 7) is 0. The van der Waals surface area contributed by atoms with Crippen molar-refractivity contribution in [2.75, 3.05) is 0 Å². The molecule has 18 heavy (non-hydrogen) atoms. The van der Waals surface area contributed by atoms with E-state index in [1.165, 1.54) is 0 Å². The van der Waals surface area contributed by atoms with Gasteiger partial charge in [0.1, 0.15) is 0 Å². The number of carboxylic acid groups (broad SMARTS) is 2. The van der Waals surface area contributed by atoms with Gasteiger partial charge < -0.3 is 10.2 Å². The SMILES string of the molecule is O=C(O)C1c2cccc3cccc(c23)C1C(=O)O. The average Bonchev–Trinajstić information content (AvgIpc) is 2.67. The first-order chi connectivity index (χ1) is 8.61. The molecule has 2 aromatic carbocycles. The largest absolute Gasteiger partial charge is 0.481 e. The first-order valence-electron chi connectivity index (χ1n) is 5.58. The smallest absolute Gasteiger partial charge is 0.312 e. The number of benzene rings is 2. The minimum absolute atomic E-state index is 0.600. The van der Waals surface area contributed by atoms with Gasteiger partial charge in [-0.15, -0.1) is 0 Å². The number of carboxylic acids is 2. The van der Waals surface area contributed by atoms with E-state index in [1.54, 1.807) is 24.3 Å². The molecular formula is C14H10O4. The molecular weight excluding hydrogens is 232 g/mol. The van der Waals surface area contributed by atoms with Crippen LogP contribution < -0.4 is 0 Å². The number of hydrogen-bond donors (Lipinski definition) is 2. The average molecular weight is 242 g/mol. The number of hydrogen-bond acceptors (Lipinski definition) is 2. The van der Waals surface area contributed by atoms with Crippen molar-refractivity contribution in [2.45, 2.75) is 11.8 Å². The van der Waals surface area contributed by atoms with Crippen molar-refractivity contribution in [3.63, 3.8) is 0 Å². The Morgan fingerprint density at radius 1 is 0.833 bits per heavy atom. The van der Waals surface area contributed by atoms with Gasteiger partial charge >= 0.3 is 11.9 Å². The van der Waals surface area contributed by atoms with Crippen molar-refractivity contribution in [2.24, 2.45) is 0 Å². The van der Waals surface area contributed by atoms with Gasteiger partial charge in [-0.3, -0.25) is 9.59 Å². The molecule has 3 rings (SSSR count). The van der Waals surface area contributed by atoms with Gasteiger partial charge in [0.05, 0.1) is 11.8 Å². The highest BCUT2D eigenvalue weighted by Crippen LogP contribution is 2.46. The molecule has 2 aromatic rings. The molecule has 0 radical (unpaired) electrons. The van der Waals surface area contributed by atoms with Crippen molar-refractivity contribution in [3.8, 4) is 0 Å². The minimum atomic E-state index is -1.09. The van der Waals surface area contributed by atoms with E-state index in [0.717, 1.165) is 10.8 Å². The van der Waals surface area contributed by atoms with E-state index in [9.17, 15) is 19.8 Å². The Kier molecular flexibility index (Phi) is 2.13. The molecule has 0 amide bonds. The van der Waals surface area contributed by atoms with Crippen LogP contribution in [0.5, 0.6) is 0 Å². The fourth-order valence-electron chi connectivity index (χ4n) is 2.83. The highest BCUT2D eigenvalue weighted by Gasteiger charge is 2.43. The second kappa shape index (κ2) is 3.57. The van der Waals surface area contributed by atoms with Crippen LogP contribution in [0.2, 0.25) is 0 Å². The fourth-order valence-corrected chi connectivity index (χ4v) is 2.83. The summed E-state index contributed by atoms with van der Waals surface area (Å²) in [6, 6.07) is 10.7. The van der Waals surface area contributed by atoms with E-state index in [2.05, 4.69) is 0 Å². The van der Waals surface area contributed by atoms with Crippen LogP contribution in [0.15, 0.2) is 36.4 Å². The standard InChI is InChI=1S/C14H10O4/c15-13(16)11-8-5-1-3-7-4-2-6-9(10(7)8)12(11)14(17)18/h1-6,11-12H,(H,15,16)(H,17,18). The van der Waals surface area contributed by atoms with Crippen LogP contribution in [0.1, 0.15) is 23.0 Å². The van der Waals surface area contributed by atoms with Crippen molar-refractivity contribution < 1.29 is 19.8 Å². The lowest BCUT2D eigenvalue weighted by Crippen LogP contribution is -2.22. The Morgan fingerprint density at radius 2 is 1.28 bits per heavy atom. The molecule has 2 atom stereocenters. The molecule has 90 valence electrons. The van der Waals surface area contributed by atoms with Crippen LogP contribution in [0.25, 0.3) is 10.8 Å². The van der Waals surface area contributed by atoms with Gasteiger partial charge in [-0.2, -0.15) is 0 Å². The molecule has 0 heterocycles. The summed E-state index contributed by atoms with van der Waals surface area (Å²) in [5, 5.41) is 20.3. The molecule has 2 unspecified atom stereocenters. The molecule has 0 bridgehead atoms. The summed E-state index contributed by atoms with van der Waals surface area (Å²) in [6.07, 6.45) is 0. The van der Waals surface area contributed by atoms with Gasteiger partial charge in [0.15, 0.2) is 0 Å². The molecule has 4 heteroatoms. The van der Waals surface area contributed by atoms with Gasteiger partial charge in [0, 0.05) is 0 Å². The molecule has 0 saturated heterocycles. The number of carbonyl (C=O) groups is 2. The summed E-state index contributed by atoms with van der Waals surface area (Å²) >= 11 is 0. The van der Waals surface area contributed by atoms with E-state index in [-0.39, 0.29) is 0 Å². The van der Waals surface area contributed by atoms with Gasteiger partial charge in [-0.05, 0) is 21.9 Å². The second-order valence-electron chi connectivity index (χ2n) is 4.42. The predicted octanol–water partition coefficient (Wildman–Crippen LogP) is 2.19. The molecule has 0 aromatic heterocycles. The van der Waals surface area contributed by atoms with Gasteiger partial charge in [-0.1, -0.05) is 36.4 Å². The normalized spacial score (nSPS) is 21.1. The molecule has 0 saturated carbocycles. The lowest BCUT2D eigenvalue weighted by Gasteiger charge is -2.12. The van der Waals surface area contributed by atoms with Crippen LogP contribution in [0, 0.1) is 0 Å². The molecule has 0 fully saturated rings. The maximum atomic E-state index is 11.4. The highest BCUT2D eigenvalue weighted by molar-refractivity contribution is 6.03. The van der Waals surface area contributed by atoms with Crippen LogP contribution in [0.4, 0.5) is 0 Å². The van der Waals surface area contributed by atoms with Crippen LogP contribution >= 0.6 is 0 Å². The zero-order valence-electron chi connectivity index (χ0n) is 9.33. The first-order valence-corrected chi connectivity index (χ1v) is 5.58. The van der Waals surface area contributed by atoms with E-state index < -0.39 is 23.8 Å². The molecule has 2 N–H and O–H groups in total. The third-order valence-electron chi connectivity index (χ3n) is 3.50. The summed E-state index contributed by atoms with van der Waals surface area (Å²) in [4.78, 5) is 22.7. The number of aliphatic carboxylic acids is 2. The minimum Gasteiger partial charge on any atom is -0.481 e. The number of rotatable bonds is 2. The summed E-state index contributed by atoms with van der Waals surface area (Å²) in [5.74, 6) is -4.18. The molecule has 1 aliphatic carbocycles. The van der Waals surface area contributed by atoms with E-state index in [1.807, 2.05) is 12.1 Å². The van der Waals surface area contributed by atoms with Crippen molar-refractivity contribution in [3.05, 3.63) is 47.5 Å². The second-order valence-corrected chi connectivity index (χ2v) is 4.42. The van der Waals surface area contributed by atoms with E-state index in [4.69, 9.17) is 0 Å². The Hall–Kier alpha value is -2.36. The lowest BCUT2D eigenvalue weighted by atomic mass is 9.90. The van der Waals surface area contributed by atoms with Gasteiger partial charge in [0.2, 0.25) is 0 Å². The van der Waals surface area contributed by atoms with Crippen molar-refractivity contribution in [1.82, 2.24) is 0 Å². The van der Waals surface area contributed by atoms with Crippen LogP contribution in [0.3, 0.4) is 0 Å². The van der Waals surface area contributed by atoms with E-state index in [0.29, 0.717) is 11.1 Å². The zero-order valence-corrected chi connectivity index (χ0v) is 9.33.